The number of benzene rings is 4. The molecule has 2 nitrogen and oxygen atoms in total. The van der Waals surface area contributed by atoms with Crippen molar-refractivity contribution in [3.05, 3.63) is 77.9 Å². The van der Waals surface area contributed by atoms with Crippen LogP contribution in [0, 0.1) is 0 Å². The fourth-order valence-electron chi connectivity index (χ4n) is 6.41. The van der Waals surface area contributed by atoms with Crippen LogP contribution in [0.5, 0.6) is 0 Å². The van der Waals surface area contributed by atoms with Gasteiger partial charge in [-0.25, -0.2) is 0 Å². The normalized spacial score (nSPS) is 19.9. The zero-order chi connectivity index (χ0) is 23.6. The van der Waals surface area contributed by atoms with Crippen molar-refractivity contribution in [2.45, 2.75) is 58.2 Å². The molecule has 4 aromatic rings. The van der Waals surface area contributed by atoms with Gasteiger partial charge in [-0.2, -0.15) is 0 Å². The zero-order valence-corrected chi connectivity index (χ0v) is 20.7. The van der Waals surface area contributed by atoms with Crippen molar-refractivity contribution in [1.82, 2.24) is 0 Å². The number of hydrogen-bond acceptors (Lipinski definition) is 2. The second-order valence-electron chi connectivity index (χ2n) is 11.6. The molecule has 0 radical (unpaired) electrons. The van der Waals surface area contributed by atoms with Crippen molar-refractivity contribution in [1.29, 1.82) is 0 Å². The summed E-state index contributed by atoms with van der Waals surface area (Å²) in [4.78, 5) is 0. The third kappa shape index (κ3) is 2.34. The second-order valence-corrected chi connectivity index (χ2v) is 11.6. The minimum atomic E-state index is -0.386. The molecule has 1 heterocycles. The number of fused-ring (bicyclic) bond motifs is 3. The Morgan fingerprint density at radius 1 is 0.588 bits per heavy atom. The lowest BCUT2D eigenvalue weighted by Crippen LogP contribution is -2.41. The molecule has 3 heteroatoms. The lowest BCUT2D eigenvalue weighted by atomic mass is 9.67. The molecule has 4 aromatic carbocycles. The van der Waals surface area contributed by atoms with E-state index in [1.807, 2.05) is 0 Å². The Morgan fingerprint density at radius 3 is 1.94 bits per heavy atom. The Balaban J connectivity index is 1.63. The van der Waals surface area contributed by atoms with Crippen molar-refractivity contribution in [2.24, 2.45) is 0 Å². The molecule has 0 bridgehead atoms. The average molecular weight is 444 g/mol. The highest BCUT2D eigenvalue weighted by Gasteiger charge is 2.54. The topological polar surface area (TPSA) is 18.5 Å². The molecule has 0 saturated carbocycles. The molecule has 1 aliphatic heterocycles. The molecule has 1 saturated heterocycles. The van der Waals surface area contributed by atoms with E-state index in [1.165, 1.54) is 55.3 Å². The summed E-state index contributed by atoms with van der Waals surface area (Å²) < 4.78 is 13.2. The van der Waals surface area contributed by atoms with Gasteiger partial charge in [-0.3, -0.25) is 0 Å². The molecule has 3 aliphatic rings. The van der Waals surface area contributed by atoms with Crippen LogP contribution in [0.4, 0.5) is 0 Å². The summed E-state index contributed by atoms with van der Waals surface area (Å²) in [5.74, 6) is 0. The summed E-state index contributed by atoms with van der Waals surface area (Å²) in [6, 6.07) is 24.8. The van der Waals surface area contributed by atoms with Crippen LogP contribution in [0.25, 0.3) is 44.2 Å². The standard InChI is InChI=1S/C31H29BO2/c1-29(2)23-16-14-18-10-9-13-21-19-11-7-8-12-20(19)22-15-17-24(28(29)26(22)27(23)25(18)21)32-33-30(3,4)31(5,6)34-32/h7-17H,1-6H3. The summed E-state index contributed by atoms with van der Waals surface area (Å²) in [6.45, 7) is 13.2. The quantitative estimate of drug-likeness (QED) is 0.257. The third-order valence-corrected chi connectivity index (χ3v) is 8.85. The first-order valence-corrected chi connectivity index (χ1v) is 12.3. The minimum absolute atomic E-state index is 0.160. The van der Waals surface area contributed by atoms with E-state index in [0.717, 1.165) is 5.46 Å². The largest absolute Gasteiger partial charge is 0.495 e. The van der Waals surface area contributed by atoms with Gasteiger partial charge < -0.3 is 9.31 Å². The van der Waals surface area contributed by atoms with Gasteiger partial charge in [0.05, 0.1) is 11.2 Å². The van der Waals surface area contributed by atoms with Gasteiger partial charge in [-0.05, 0) is 88.4 Å². The SMILES string of the molecule is CC1(C)c2ccc3cccc4c3c2-c2c(ccc(B3OC(C)(C)C(C)(C)O3)c21)-c1ccccc1-4. The van der Waals surface area contributed by atoms with E-state index in [9.17, 15) is 0 Å². The summed E-state index contributed by atoms with van der Waals surface area (Å²) in [5.41, 5.74) is 11.0. The molecule has 7 rings (SSSR count). The smallest absolute Gasteiger partial charge is 0.399 e. The van der Waals surface area contributed by atoms with Crippen LogP contribution in [-0.2, 0) is 14.7 Å². The molecule has 0 unspecified atom stereocenters. The molecular weight excluding hydrogens is 415 g/mol. The number of rotatable bonds is 1. The predicted octanol–water partition coefficient (Wildman–Crippen LogP) is 7.09. The van der Waals surface area contributed by atoms with Gasteiger partial charge in [-0.1, -0.05) is 80.6 Å². The summed E-state index contributed by atoms with van der Waals surface area (Å²) in [6.07, 6.45) is 0. The molecule has 0 atom stereocenters. The van der Waals surface area contributed by atoms with Crippen molar-refractivity contribution in [2.75, 3.05) is 0 Å². The maximum Gasteiger partial charge on any atom is 0.495 e. The molecule has 0 aromatic heterocycles. The van der Waals surface area contributed by atoms with Crippen molar-refractivity contribution >= 4 is 23.4 Å². The zero-order valence-electron chi connectivity index (χ0n) is 20.7. The highest BCUT2D eigenvalue weighted by atomic mass is 16.7. The van der Waals surface area contributed by atoms with Gasteiger partial charge >= 0.3 is 7.12 Å². The lowest BCUT2D eigenvalue weighted by molar-refractivity contribution is 0.00578. The van der Waals surface area contributed by atoms with Crippen LogP contribution in [0.15, 0.2) is 66.7 Å². The maximum atomic E-state index is 6.59. The first-order valence-electron chi connectivity index (χ1n) is 12.3. The molecular formula is C31H29BO2. The van der Waals surface area contributed by atoms with Gasteiger partial charge in [-0.15, -0.1) is 0 Å². The van der Waals surface area contributed by atoms with Crippen LogP contribution in [0.1, 0.15) is 52.7 Å². The van der Waals surface area contributed by atoms with Gasteiger partial charge in [0, 0.05) is 5.41 Å². The Bertz CT molecular complexity index is 1530. The molecule has 0 N–H and O–H groups in total. The van der Waals surface area contributed by atoms with E-state index in [1.54, 1.807) is 0 Å². The fourth-order valence-corrected chi connectivity index (χ4v) is 6.41. The predicted molar refractivity (Wildman–Crippen MR) is 142 cm³/mol. The highest BCUT2D eigenvalue weighted by Crippen LogP contribution is 2.58. The Kier molecular flexibility index (Phi) is 3.75. The van der Waals surface area contributed by atoms with Crippen LogP contribution in [-0.4, -0.2) is 18.3 Å². The third-order valence-electron chi connectivity index (χ3n) is 8.85. The second kappa shape index (κ2) is 6.21. The van der Waals surface area contributed by atoms with Crippen molar-refractivity contribution in [3.63, 3.8) is 0 Å². The van der Waals surface area contributed by atoms with Crippen LogP contribution >= 0.6 is 0 Å². The van der Waals surface area contributed by atoms with E-state index in [-0.39, 0.29) is 23.7 Å². The minimum Gasteiger partial charge on any atom is -0.399 e. The Labute approximate surface area is 202 Å². The van der Waals surface area contributed by atoms with Gasteiger partial charge in [0.15, 0.2) is 0 Å². The lowest BCUT2D eigenvalue weighted by Gasteiger charge is -2.32. The maximum absolute atomic E-state index is 6.59. The first kappa shape index (κ1) is 20.5. The van der Waals surface area contributed by atoms with E-state index in [0.29, 0.717) is 0 Å². The van der Waals surface area contributed by atoms with Gasteiger partial charge in [0.25, 0.3) is 0 Å². The van der Waals surface area contributed by atoms with E-state index in [4.69, 9.17) is 9.31 Å². The molecule has 0 amide bonds. The van der Waals surface area contributed by atoms with Gasteiger partial charge in [0.2, 0.25) is 0 Å². The summed E-state index contributed by atoms with van der Waals surface area (Å²) in [5, 5.41) is 2.66. The average Bonchev–Trinajstić information content (AvgIpc) is 3.12. The Morgan fingerprint density at radius 2 is 1.24 bits per heavy atom. The van der Waals surface area contributed by atoms with E-state index in [2.05, 4.69) is 108 Å². The van der Waals surface area contributed by atoms with Crippen molar-refractivity contribution < 1.29 is 9.31 Å². The summed E-state index contributed by atoms with van der Waals surface area (Å²) >= 11 is 0. The van der Waals surface area contributed by atoms with Gasteiger partial charge in [0.1, 0.15) is 0 Å². The Hall–Kier alpha value is -2.88. The van der Waals surface area contributed by atoms with E-state index >= 15 is 0 Å². The monoisotopic (exact) mass is 444 g/mol. The summed E-state index contributed by atoms with van der Waals surface area (Å²) in [7, 11) is -0.386. The number of hydrogen-bond donors (Lipinski definition) is 0. The van der Waals surface area contributed by atoms with Crippen LogP contribution < -0.4 is 5.46 Å². The van der Waals surface area contributed by atoms with Crippen LogP contribution in [0.3, 0.4) is 0 Å². The molecule has 168 valence electrons. The van der Waals surface area contributed by atoms with E-state index < -0.39 is 0 Å². The van der Waals surface area contributed by atoms with Crippen molar-refractivity contribution in [3.8, 4) is 33.4 Å². The fraction of sp³-hybridized carbons (Fsp3) is 0.290. The highest BCUT2D eigenvalue weighted by molar-refractivity contribution is 6.63. The molecule has 1 fully saturated rings. The van der Waals surface area contributed by atoms with Crippen LogP contribution in [0.2, 0.25) is 0 Å². The molecule has 34 heavy (non-hydrogen) atoms. The molecule has 2 aliphatic carbocycles. The molecule has 0 spiro atoms. The first-order chi connectivity index (χ1) is 16.1.